The first kappa shape index (κ1) is 17.8. The van der Waals surface area contributed by atoms with Crippen molar-refractivity contribution in [3.8, 4) is 5.75 Å². The lowest BCUT2D eigenvalue weighted by molar-refractivity contribution is -0.137. The molecule has 0 radical (unpaired) electrons. The van der Waals surface area contributed by atoms with E-state index in [1.807, 2.05) is 6.07 Å². The number of piperidine rings is 1. The molecule has 3 heterocycles. The maximum atomic E-state index is 12.6. The molecule has 1 unspecified atom stereocenters. The SMILES string of the molecule is COc1cccc(CN2CCC3(CCN(C(=O)C4CCOC4)CC3)C2)c1. The molecular formula is C21H30N2O3. The van der Waals surface area contributed by atoms with Gasteiger partial charge in [-0.2, -0.15) is 0 Å². The van der Waals surface area contributed by atoms with Crippen LogP contribution in [0.5, 0.6) is 5.75 Å². The first-order chi connectivity index (χ1) is 12.7. The molecule has 4 rings (SSSR count). The lowest BCUT2D eigenvalue weighted by Crippen LogP contribution is -2.46. The standard InChI is InChI=1S/C21H30N2O3/c1-25-19-4-2-3-17(13-19)14-22-9-6-21(16-22)7-10-23(11-8-21)20(24)18-5-12-26-15-18/h2-4,13,18H,5-12,14-16H2,1H3. The van der Waals surface area contributed by atoms with Crippen molar-refractivity contribution in [2.75, 3.05) is 46.5 Å². The minimum absolute atomic E-state index is 0.109. The smallest absolute Gasteiger partial charge is 0.228 e. The van der Waals surface area contributed by atoms with Crippen LogP contribution in [-0.4, -0.2) is 62.2 Å². The van der Waals surface area contributed by atoms with Crippen molar-refractivity contribution < 1.29 is 14.3 Å². The minimum Gasteiger partial charge on any atom is -0.497 e. The summed E-state index contributed by atoms with van der Waals surface area (Å²) < 4.78 is 10.7. The minimum atomic E-state index is 0.109. The fraction of sp³-hybridized carbons (Fsp3) is 0.667. The number of carbonyl (C=O) groups excluding carboxylic acids is 1. The third-order valence-corrected chi connectivity index (χ3v) is 6.47. The molecule has 26 heavy (non-hydrogen) atoms. The highest BCUT2D eigenvalue weighted by Crippen LogP contribution is 2.41. The molecule has 3 saturated heterocycles. The molecule has 1 spiro atoms. The topological polar surface area (TPSA) is 42.0 Å². The molecule has 5 nitrogen and oxygen atoms in total. The van der Waals surface area contributed by atoms with Crippen molar-refractivity contribution in [2.24, 2.45) is 11.3 Å². The van der Waals surface area contributed by atoms with Gasteiger partial charge in [0.25, 0.3) is 0 Å². The first-order valence-corrected chi connectivity index (χ1v) is 9.89. The van der Waals surface area contributed by atoms with Crippen LogP contribution in [-0.2, 0) is 16.1 Å². The summed E-state index contributed by atoms with van der Waals surface area (Å²) in [5.41, 5.74) is 1.72. The highest BCUT2D eigenvalue weighted by atomic mass is 16.5. The van der Waals surface area contributed by atoms with Gasteiger partial charge in [0.15, 0.2) is 0 Å². The van der Waals surface area contributed by atoms with E-state index in [1.54, 1.807) is 7.11 Å². The number of ether oxygens (including phenoxy) is 2. The molecule has 1 aromatic carbocycles. The van der Waals surface area contributed by atoms with Crippen LogP contribution in [0.25, 0.3) is 0 Å². The molecule has 0 aromatic heterocycles. The maximum Gasteiger partial charge on any atom is 0.228 e. The highest BCUT2D eigenvalue weighted by molar-refractivity contribution is 5.79. The molecular weight excluding hydrogens is 328 g/mol. The molecule has 0 N–H and O–H groups in total. The van der Waals surface area contributed by atoms with Gasteiger partial charge in [0.05, 0.1) is 19.6 Å². The third kappa shape index (κ3) is 3.74. The Morgan fingerprint density at radius 1 is 1.27 bits per heavy atom. The van der Waals surface area contributed by atoms with E-state index >= 15 is 0 Å². The third-order valence-electron chi connectivity index (χ3n) is 6.47. The number of nitrogens with zero attached hydrogens (tertiary/aromatic N) is 2. The molecule has 0 aliphatic carbocycles. The van der Waals surface area contributed by atoms with Crippen LogP contribution in [0.1, 0.15) is 31.2 Å². The number of hydrogen-bond donors (Lipinski definition) is 0. The van der Waals surface area contributed by atoms with Gasteiger partial charge in [-0.1, -0.05) is 12.1 Å². The van der Waals surface area contributed by atoms with E-state index in [-0.39, 0.29) is 5.92 Å². The van der Waals surface area contributed by atoms with Crippen molar-refractivity contribution >= 4 is 5.91 Å². The van der Waals surface area contributed by atoms with Gasteiger partial charge in [0.1, 0.15) is 5.75 Å². The number of rotatable bonds is 4. The quantitative estimate of drug-likeness (QED) is 0.830. The number of carbonyl (C=O) groups is 1. The van der Waals surface area contributed by atoms with Gasteiger partial charge in [0.2, 0.25) is 5.91 Å². The van der Waals surface area contributed by atoms with Crippen LogP contribution in [0.4, 0.5) is 0 Å². The van der Waals surface area contributed by atoms with E-state index in [0.29, 0.717) is 17.9 Å². The lowest BCUT2D eigenvalue weighted by Gasteiger charge is -2.40. The summed E-state index contributed by atoms with van der Waals surface area (Å²) in [5.74, 6) is 1.36. The van der Waals surface area contributed by atoms with Gasteiger partial charge >= 0.3 is 0 Å². The van der Waals surface area contributed by atoms with E-state index < -0.39 is 0 Å². The van der Waals surface area contributed by atoms with Crippen LogP contribution in [0.2, 0.25) is 0 Å². The Bertz CT molecular complexity index is 634. The van der Waals surface area contributed by atoms with Gasteiger partial charge in [-0.05, 0) is 55.3 Å². The Morgan fingerprint density at radius 3 is 2.81 bits per heavy atom. The number of methoxy groups -OCH3 is 1. The van der Waals surface area contributed by atoms with Crippen LogP contribution in [0.15, 0.2) is 24.3 Å². The summed E-state index contributed by atoms with van der Waals surface area (Å²) in [7, 11) is 1.72. The van der Waals surface area contributed by atoms with Gasteiger partial charge in [-0.3, -0.25) is 9.69 Å². The Morgan fingerprint density at radius 2 is 2.08 bits per heavy atom. The summed E-state index contributed by atoms with van der Waals surface area (Å²) in [6.45, 7) is 6.49. The normalized spacial score (nSPS) is 25.7. The molecule has 3 fully saturated rings. The van der Waals surface area contributed by atoms with Crippen molar-refractivity contribution in [2.45, 2.75) is 32.2 Å². The molecule has 3 aliphatic rings. The Hall–Kier alpha value is -1.59. The molecule has 0 bridgehead atoms. The molecule has 142 valence electrons. The van der Waals surface area contributed by atoms with E-state index in [1.165, 1.54) is 12.0 Å². The van der Waals surface area contributed by atoms with Crippen LogP contribution in [0, 0.1) is 11.3 Å². The van der Waals surface area contributed by atoms with E-state index in [4.69, 9.17) is 9.47 Å². The lowest BCUT2D eigenvalue weighted by atomic mass is 9.77. The van der Waals surface area contributed by atoms with Crippen molar-refractivity contribution in [3.05, 3.63) is 29.8 Å². The van der Waals surface area contributed by atoms with Crippen LogP contribution >= 0.6 is 0 Å². The van der Waals surface area contributed by atoms with Gasteiger partial charge in [0, 0.05) is 32.8 Å². The Balaban J connectivity index is 1.30. The second-order valence-corrected chi connectivity index (χ2v) is 8.20. The predicted octanol–water partition coefficient (Wildman–Crippen LogP) is 2.55. The molecule has 3 aliphatic heterocycles. The summed E-state index contributed by atoms with van der Waals surface area (Å²) >= 11 is 0. The second-order valence-electron chi connectivity index (χ2n) is 8.20. The average Bonchev–Trinajstić information content (AvgIpc) is 3.33. The Labute approximate surface area is 156 Å². The number of hydrogen-bond acceptors (Lipinski definition) is 4. The van der Waals surface area contributed by atoms with E-state index in [9.17, 15) is 4.79 Å². The van der Waals surface area contributed by atoms with Crippen molar-refractivity contribution in [1.82, 2.24) is 9.80 Å². The molecule has 0 saturated carbocycles. The van der Waals surface area contributed by atoms with Crippen molar-refractivity contribution in [1.29, 1.82) is 0 Å². The molecule has 5 heteroatoms. The zero-order chi connectivity index (χ0) is 18.0. The van der Waals surface area contributed by atoms with Crippen molar-refractivity contribution in [3.63, 3.8) is 0 Å². The maximum absolute atomic E-state index is 12.6. The zero-order valence-electron chi connectivity index (χ0n) is 15.8. The summed E-state index contributed by atoms with van der Waals surface area (Å²) in [6.07, 6.45) is 4.43. The highest BCUT2D eigenvalue weighted by Gasteiger charge is 2.42. The number of likely N-dealkylation sites (tertiary alicyclic amines) is 2. The largest absolute Gasteiger partial charge is 0.497 e. The average molecular weight is 358 g/mol. The second kappa shape index (κ2) is 7.57. The summed E-state index contributed by atoms with van der Waals surface area (Å²) in [5, 5.41) is 0. The fourth-order valence-electron chi connectivity index (χ4n) is 4.79. The van der Waals surface area contributed by atoms with Gasteiger partial charge < -0.3 is 14.4 Å². The van der Waals surface area contributed by atoms with Gasteiger partial charge in [-0.15, -0.1) is 0 Å². The monoisotopic (exact) mass is 358 g/mol. The first-order valence-electron chi connectivity index (χ1n) is 9.89. The van der Waals surface area contributed by atoms with E-state index in [2.05, 4.69) is 28.0 Å². The van der Waals surface area contributed by atoms with Gasteiger partial charge in [-0.25, -0.2) is 0 Å². The summed E-state index contributed by atoms with van der Waals surface area (Å²) in [6, 6.07) is 8.38. The number of amides is 1. The molecule has 1 aromatic rings. The van der Waals surface area contributed by atoms with E-state index in [0.717, 1.165) is 64.3 Å². The number of benzene rings is 1. The Kier molecular flexibility index (Phi) is 5.18. The van der Waals surface area contributed by atoms with Crippen LogP contribution in [0.3, 0.4) is 0 Å². The fourth-order valence-corrected chi connectivity index (χ4v) is 4.79. The molecule has 1 atom stereocenters. The summed E-state index contributed by atoms with van der Waals surface area (Å²) in [4.78, 5) is 17.3. The van der Waals surface area contributed by atoms with Crippen LogP contribution < -0.4 is 4.74 Å². The zero-order valence-corrected chi connectivity index (χ0v) is 15.8. The predicted molar refractivity (Wildman–Crippen MR) is 100 cm³/mol. The molecule has 1 amide bonds.